The van der Waals surface area contributed by atoms with Crippen molar-refractivity contribution in [1.82, 2.24) is 0 Å². The Hall–Kier alpha value is -3.87. The lowest BCUT2D eigenvalue weighted by atomic mass is 10.0. The summed E-state index contributed by atoms with van der Waals surface area (Å²) in [7, 11) is 0. The third kappa shape index (κ3) is 3.38. The minimum atomic E-state index is -1.10. The lowest BCUT2D eigenvalue weighted by Crippen LogP contribution is -2.32. The van der Waals surface area contributed by atoms with Crippen LogP contribution < -0.4 is 10.2 Å². The molecule has 29 heavy (non-hydrogen) atoms. The van der Waals surface area contributed by atoms with Gasteiger partial charge in [-0.05, 0) is 42.0 Å². The molecule has 0 bridgehead atoms. The first-order valence-electron chi connectivity index (χ1n) is 8.62. The number of benzene rings is 3. The van der Waals surface area contributed by atoms with Gasteiger partial charge in [0, 0.05) is 11.8 Å². The fourth-order valence-corrected chi connectivity index (χ4v) is 3.06. The third-order valence-electron chi connectivity index (χ3n) is 4.42. The molecule has 3 aromatic rings. The van der Waals surface area contributed by atoms with Crippen molar-refractivity contribution in [1.29, 1.82) is 0 Å². The Kier molecular flexibility index (Phi) is 4.64. The quantitative estimate of drug-likeness (QED) is 0.663. The second kappa shape index (κ2) is 7.27. The third-order valence-corrected chi connectivity index (χ3v) is 4.42. The molecule has 0 fully saturated rings. The Morgan fingerprint density at radius 3 is 2.07 bits per heavy atom. The number of carbonyl (C=O) groups is 2. The molecule has 3 aromatic carbocycles. The summed E-state index contributed by atoms with van der Waals surface area (Å²) in [6.07, 6.45) is 0. The molecule has 0 unspecified atom stereocenters. The highest BCUT2D eigenvalue weighted by molar-refractivity contribution is 6.46. The Morgan fingerprint density at radius 2 is 1.41 bits per heavy atom. The van der Waals surface area contributed by atoms with E-state index in [1.165, 1.54) is 30.3 Å². The van der Waals surface area contributed by atoms with Crippen LogP contribution in [0.4, 0.5) is 24.5 Å². The number of rotatable bonds is 4. The largest absolute Gasteiger partial charge is 0.350 e. The molecule has 1 heterocycles. The Labute approximate surface area is 163 Å². The molecule has 0 aromatic heterocycles. The maximum atomic E-state index is 13.6. The van der Waals surface area contributed by atoms with Crippen LogP contribution >= 0.6 is 0 Å². The summed E-state index contributed by atoms with van der Waals surface area (Å²) in [5.41, 5.74) is 0.645. The molecule has 2 amide bonds. The average molecular weight is 394 g/mol. The highest BCUT2D eigenvalue weighted by atomic mass is 19.2. The molecule has 0 saturated carbocycles. The molecular formula is C22H13F3N2O2. The Bertz CT molecular complexity index is 1140. The van der Waals surface area contributed by atoms with E-state index in [1.807, 2.05) is 0 Å². The summed E-state index contributed by atoms with van der Waals surface area (Å²) in [5.74, 6) is -3.91. The number of carbonyl (C=O) groups excluding carboxylic acids is 2. The fourth-order valence-electron chi connectivity index (χ4n) is 3.06. The van der Waals surface area contributed by atoms with Crippen LogP contribution in [0.5, 0.6) is 0 Å². The van der Waals surface area contributed by atoms with Gasteiger partial charge >= 0.3 is 0 Å². The number of para-hydroxylation sites is 1. The number of nitrogens with zero attached hydrogens (tertiary/aromatic N) is 1. The zero-order valence-corrected chi connectivity index (χ0v) is 14.8. The number of imide groups is 1. The van der Waals surface area contributed by atoms with E-state index in [2.05, 4.69) is 5.32 Å². The van der Waals surface area contributed by atoms with Crippen LogP contribution in [0.3, 0.4) is 0 Å². The summed E-state index contributed by atoms with van der Waals surface area (Å²) in [6.45, 7) is 0. The molecule has 4 nitrogen and oxygen atoms in total. The number of hydrogen-bond donors (Lipinski definition) is 1. The summed E-state index contributed by atoms with van der Waals surface area (Å²) in [4.78, 5) is 27.1. The van der Waals surface area contributed by atoms with Crippen molar-refractivity contribution in [3.8, 4) is 0 Å². The van der Waals surface area contributed by atoms with Crippen molar-refractivity contribution in [3.63, 3.8) is 0 Å². The van der Waals surface area contributed by atoms with Crippen molar-refractivity contribution in [2.75, 3.05) is 10.2 Å². The van der Waals surface area contributed by atoms with E-state index < -0.39 is 29.3 Å². The van der Waals surface area contributed by atoms with E-state index in [-0.39, 0.29) is 17.0 Å². The standard InChI is InChI=1S/C22H13F3N2O2/c23-14-8-6-13(7-9-14)19-20(26-15-10-11-17(24)18(25)12-15)22(29)27(21(19)28)16-4-2-1-3-5-16/h1-12,26H. The van der Waals surface area contributed by atoms with Gasteiger partial charge in [0.2, 0.25) is 0 Å². The number of halogens is 3. The molecule has 1 aliphatic rings. The van der Waals surface area contributed by atoms with Gasteiger partial charge in [0.25, 0.3) is 11.8 Å². The Balaban J connectivity index is 1.82. The van der Waals surface area contributed by atoms with E-state index in [4.69, 9.17) is 0 Å². The first-order chi connectivity index (χ1) is 14.0. The zero-order chi connectivity index (χ0) is 20.5. The van der Waals surface area contributed by atoms with Crippen molar-refractivity contribution >= 4 is 28.8 Å². The average Bonchev–Trinajstić information content (AvgIpc) is 2.96. The van der Waals surface area contributed by atoms with Gasteiger partial charge in [-0.25, -0.2) is 18.1 Å². The van der Waals surface area contributed by atoms with Crippen LogP contribution in [-0.4, -0.2) is 11.8 Å². The molecule has 1 aliphatic heterocycles. The van der Waals surface area contributed by atoms with Gasteiger partial charge in [-0.2, -0.15) is 0 Å². The van der Waals surface area contributed by atoms with Gasteiger partial charge in [-0.15, -0.1) is 0 Å². The zero-order valence-electron chi connectivity index (χ0n) is 14.8. The van der Waals surface area contributed by atoms with Crippen LogP contribution in [0, 0.1) is 17.5 Å². The molecule has 4 rings (SSSR count). The lowest BCUT2D eigenvalue weighted by molar-refractivity contribution is -0.120. The highest BCUT2D eigenvalue weighted by Gasteiger charge is 2.40. The van der Waals surface area contributed by atoms with Gasteiger partial charge < -0.3 is 5.32 Å². The van der Waals surface area contributed by atoms with Crippen molar-refractivity contribution in [2.45, 2.75) is 0 Å². The number of nitrogens with one attached hydrogen (secondary N) is 1. The summed E-state index contributed by atoms with van der Waals surface area (Å²) >= 11 is 0. The van der Waals surface area contributed by atoms with Crippen LogP contribution in [0.2, 0.25) is 0 Å². The normalized spacial score (nSPS) is 14.0. The minimum Gasteiger partial charge on any atom is -0.350 e. The molecule has 7 heteroatoms. The van der Waals surface area contributed by atoms with Crippen LogP contribution in [0.1, 0.15) is 5.56 Å². The van der Waals surface area contributed by atoms with E-state index in [0.717, 1.165) is 17.0 Å². The SMILES string of the molecule is O=C1C(Nc2ccc(F)c(F)c2)=C(c2ccc(F)cc2)C(=O)N1c1ccccc1. The molecule has 0 spiro atoms. The van der Waals surface area contributed by atoms with E-state index in [0.29, 0.717) is 11.3 Å². The van der Waals surface area contributed by atoms with Gasteiger partial charge in [-0.1, -0.05) is 30.3 Å². The van der Waals surface area contributed by atoms with E-state index in [9.17, 15) is 22.8 Å². The van der Waals surface area contributed by atoms with E-state index >= 15 is 0 Å². The monoisotopic (exact) mass is 394 g/mol. The maximum Gasteiger partial charge on any atom is 0.282 e. The smallest absolute Gasteiger partial charge is 0.282 e. The molecule has 1 N–H and O–H groups in total. The molecule has 144 valence electrons. The number of anilines is 2. The first-order valence-corrected chi connectivity index (χ1v) is 8.62. The molecular weight excluding hydrogens is 381 g/mol. The van der Waals surface area contributed by atoms with Crippen molar-refractivity contribution in [3.05, 3.63) is 102 Å². The Morgan fingerprint density at radius 1 is 0.724 bits per heavy atom. The lowest BCUT2D eigenvalue weighted by Gasteiger charge is -2.15. The predicted molar refractivity (Wildman–Crippen MR) is 102 cm³/mol. The van der Waals surface area contributed by atoms with Crippen molar-refractivity contribution < 1.29 is 22.8 Å². The second-order valence-corrected chi connectivity index (χ2v) is 6.29. The van der Waals surface area contributed by atoms with Crippen LogP contribution in [-0.2, 0) is 9.59 Å². The minimum absolute atomic E-state index is 0.00332. The van der Waals surface area contributed by atoms with Crippen molar-refractivity contribution in [2.24, 2.45) is 0 Å². The number of hydrogen-bond acceptors (Lipinski definition) is 3. The molecule has 0 aliphatic carbocycles. The second-order valence-electron chi connectivity index (χ2n) is 6.29. The van der Waals surface area contributed by atoms with Crippen LogP contribution in [0.25, 0.3) is 5.57 Å². The first kappa shape index (κ1) is 18.5. The number of amides is 2. The summed E-state index contributed by atoms with van der Waals surface area (Å²) in [6, 6.07) is 16.4. The van der Waals surface area contributed by atoms with Gasteiger partial charge in [-0.3, -0.25) is 9.59 Å². The fraction of sp³-hybridized carbons (Fsp3) is 0. The predicted octanol–water partition coefficient (Wildman–Crippen LogP) is 4.50. The summed E-state index contributed by atoms with van der Waals surface area (Å²) < 4.78 is 40.2. The molecule has 0 saturated heterocycles. The summed E-state index contributed by atoms with van der Waals surface area (Å²) in [5, 5.41) is 2.72. The van der Waals surface area contributed by atoms with E-state index in [1.54, 1.807) is 30.3 Å². The van der Waals surface area contributed by atoms with Gasteiger partial charge in [0.15, 0.2) is 11.6 Å². The molecule has 0 atom stereocenters. The molecule has 0 radical (unpaired) electrons. The van der Waals surface area contributed by atoms with Gasteiger partial charge in [0.05, 0.1) is 11.3 Å². The van der Waals surface area contributed by atoms with Gasteiger partial charge in [0.1, 0.15) is 11.5 Å². The maximum absolute atomic E-state index is 13.6. The topological polar surface area (TPSA) is 49.4 Å². The highest BCUT2D eigenvalue weighted by Crippen LogP contribution is 2.33. The van der Waals surface area contributed by atoms with Crippen LogP contribution in [0.15, 0.2) is 78.5 Å².